The average molecular weight is 245 g/mol. The molecule has 1 aromatic rings. The fourth-order valence-electron chi connectivity index (χ4n) is 1.72. The number of halogens is 2. The van der Waals surface area contributed by atoms with Gasteiger partial charge in [-0.25, -0.2) is 8.78 Å². The van der Waals surface area contributed by atoms with Crippen LogP contribution in [0.25, 0.3) is 0 Å². The van der Waals surface area contributed by atoms with E-state index in [0.717, 1.165) is 12.1 Å². The molecule has 0 spiro atoms. The molecule has 0 heterocycles. The second-order valence-corrected chi connectivity index (χ2v) is 3.99. The standard InChI is InChI=1S/C12H17F2NO2/c1-17-8-12(16,5-2-6-15)9-3-4-10(13)11(14)7-9/h3-4,7,16H,2,5-6,8,15H2,1H3. The predicted molar refractivity (Wildman–Crippen MR) is 60.4 cm³/mol. The molecule has 1 unspecified atom stereocenters. The number of nitrogens with two attached hydrogens (primary N) is 1. The quantitative estimate of drug-likeness (QED) is 0.799. The topological polar surface area (TPSA) is 55.5 Å². The van der Waals surface area contributed by atoms with E-state index >= 15 is 0 Å². The van der Waals surface area contributed by atoms with Crippen molar-refractivity contribution >= 4 is 0 Å². The van der Waals surface area contributed by atoms with Crippen LogP contribution < -0.4 is 5.73 Å². The van der Waals surface area contributed by atoms with Crippen molar-refractivity contribution in [3.05, 3.63) is 35.4 Å². The zero-order valence-corrected chi connectivity index (χ0v) is 9.75. The highest BCUT2D eigenvalue weighted by Gasteiger charge is 2.29. The maximum atomic E-state index is 13.1. The minimum absolute atomic E-state index is 0.0120. The molecular formula is C12H17F2NO2. The summed E-state index contributed by atoms with van der Waals surface area (Å²) < 4.78 is 30.9. The molecule has 96 valence electrons. The molecule has 3 N–H and O–H groups in total. The number of ether oxygens (including phenoxy) is 1. The van der Waals surface area contributed by atoms with Crippen LogP contribution in [0.5, 0.6) is 0 Å². The predicted octanol–water partition coefficient (Wildman–Crippen LogP) is 1.54. The lowest BCUT2D eigenvalue weighted by atomic mass is 9.89. The van der Waals surface area contributed by atoms with E-state index in [0.29, 0.717) is 24.9 Å². The Morgan fingerprint density at radius 2 is 2.06 bits per heavy atom. The zero-order valence-electron chi connectivity index (χ0n) is 9.75. The molecule has 5 heteroatoms. The summed E-state index contributed by atoms with van der Waals surface area (Å²) in [6.45, 7) is 0.424. The number of aliphatic hydroxyl groups is 1. The molecule has 0 bridgehead atoms. The highest BCUT2D eigenvalue weighted by atomic mass is 19.2. The molecule has 0 aliphatic rings. The first-order valence-corrected chi connectivity index (χ1v) is 5.40. The van der Waals surface area contributed by atoms with Gasteiger partial charge < -0.3 is 15.6 Å². The van der Waals surface area contributed by atoms with Gasteiger partial charge in [0.05, 0.1) is 6.61 Å². The van der Waals surface area contributed by atoms with Gasteiger partial charge in [0, 0.05) is 7.11 Å². The van der Waals surface area contributed by atoms with E-state index in [4.69, 9.17) is 10.5 Å². The molecule has 3 nitrogen and oxygen atoms in total. The molecule has 0 aliphatic carbocycles. The lowest BCUT2D eigenvalue weighted by Gasteiger charge is -2.28. The molecule has 0 amide bonds. The van der Waals surface area contributed by atoms with Crippen LogP contribution in [0.3, 0.4) is 0 Å². The Balaban J connectivity index is 2.99. The minimum Gasteiger partial charge on any atom is -0.383 e. The zero-order chi connectivity index (χ0) is 12.9. The van der Waals surface area contributed by atoms with Gasteiger partial charge in [-0.05, 0) is 37.1 Å². The molecule has 0 fully saturated rings. The Bertz CT molecular complexity index is 374. The molecule has 1 aromatic carbocycles. The van der Waals surface area contributed by atoms with Crippen LogP contribution in [0.4, 0.5) is 8.78 Å². The maximum absolute atomic E-state index is 13.1. The molecule has 17 heavy (non-hydrogen) atoms. The molecule has 0 aliphatic heterocycles. The van der Waals surface area contributed by atoms with E-state index in [1.54, 1.807) is 0 Å². The van der Waals surface area contributed by atoms with Gasteiger partial charge in [-0.15, -0.1) is 0 Å². The van der Waals surface area contributed by atoms with Crippen LogP contribution in [-0.2, 0) is 10.3 Å². The van der Waals surface area contributed by atoms with E-state index in [1.807, 2.05) is 0 Å². The van der Waals surface area contributed by atoms with Gasteiger partial charge in [-0.3, -0.25) is 0 Å². The summed E-state index contributed by atoms with van der Waals surface area (Å²) in [5.74, 6) is -1.92. The second kappa shape index (κ2) is 6.05. The lowest BCUT2D eigenvalue weighted by molar-refractivity contribution is -0.0432. The van der Waals surface area contributed by atoms with Crippen molar-refractivity contribution in [3.8, 4) is 0 Å². The Morgan fingerprint density at radius 3 is 2.59 bits per heavy atom. The van der Waals surface area contributed by atoms with E-state index in [2.05, 4.69) is 0 Å². The second-order valence-electron chi connectivity index (χ2n) is 3.99. The normalized spacial score (nSPS) is 14.6. The van der Waals surface area contributed by atoms with Gasteiger partial charge in [-0.1, -0.05) is 6.07 Å². The highest BCUT2D eigenvalue weighted by Crippen LogP contribution is 2.27. The van der Waals surface area contributed by atoms with Crippen LogP contribution in [0.1, 0.15) is 18.4 Å². The fraction of sp³-hybridized carbons (Fsp3) is 0.500. The molecule has 0 saturated heterocycles. The number of methoxy groups -OCH3 is 1. The van der Waals surface area contributed by atoms with E-state index < -0.39 is 17.2 Å². The lowest BCUT2D eigenvalue weighted by Crippen LogP contribution is -2.32. The number of benzene rings is 1. The first kappa shape index (κ1) is 14.0. The summed E-state index contributed by atoms with van der Waals surface area (Å²) in [4.78, 5) is 0. The van der Waals surface area contributed by atoms with Crippen molar-refractivity contribution in [2.24, 2.45) is 5.73 Å². The molecule has 0 saturated carbocycles. The molecule has 1 atom stereocenters. The minimum atomic E-state index is -1.33. The van der Waals surface area contributed by atoms with Crippen LogP contribution in [0, 0.1) is 11.6 Å². The van der Waals surface area contributed by atoms with Gasteiger partial charge in [-0.2, -0.15) is 0 Å². The third-order valence-corrected chi connectivity index (χ3v) is 2.63. The number of hydrogen-bond donors (Lipinski definition) is 2. The molecule has 1 rings (SSSR count). The van der Waals surface area contributed by atoms with Crippen molar-refractivity contribution in [2.45, 2.75) is 18.4 Å². The third-order valence-electron chi connectivity index (χ3n) is 2.63. The van der Waals surface area contributed by atoms with Crippen molar-refractivity contribution in [1.29, 1.82) is 0 Å². The highest BCUT2D eigenvalue weighted by molar-refractivity contribution is 5.24. The monoisotopic (exact) mass is 245 g/mol. The first-order valence-electron chi connectivity index (χ1n) is 5.40. The van der Waals surface area contributed by atoms with Gasteiger partial charge in [0.1, 0.15) is 5.60 Å². The van der Waals surface area contributed by atoms with Crippen molar-refractivity contribution in [1.82, 2.24) is 0 Å². The smallest absolute Gasteiger partial charge is 0.159 e. The van der Waals surface area contributed by atoms with Crippen LogP contribution >= 0.6 is 0 Å². The first-order chi connectivity index (χ1) is 8.03. The molecule has 0 aromatic heterocycles. The largest absolute Gasteiger partial charge is 0.383 e. The van der Waals surface area contributed by atoms with Crippen molar-refractivity contribution in [3.63, 3.8) is 0 Å². The summed E-state index contributed by atoms with van der Waals surface area (Å²) in [6, 6.07) is 3.34. The SMILES string of the molecule is COCC(O)(CCCN)c1ccc(F)c(F)c1. The Hall–Kier alpha value is -1.04. The van der Waals surface area contributed by atoms with Crippen molar-refractivity contribution < 1.29 is 18.6 Å². The van der Waals surface area contributed by atoms with Crippen LogP contribution in [-0.4, -0.2) is 25.4 Å². The van der Waals surface area contributed by atoms with Gasteiger partial charge in [0.15, 0.2) is 11.6 Å². The Morgan fingerprint density at radius 1 is 1.35 bits per heavy atom. The molecular weight excluding hydrogens is 228 g/mol. The van der Waals surface area contributed by atoms with E-state index in [1.165, 1.54) is 13.2 Å². The molecule has 0 radical (unpaired) electrons. The summed E-state index contributed by atoms with van der Waals surface area (Å²) >= 11 is 0. The van der Waals surface area contributed by atoms with Crippen molar-refractivity contribution in [2.75, 3.05) is 20.3 Å². The van der Waals surface area contributed by atoms with E-state index in [-0.39, 0.29) is 6.61 Å². The van der Waals surface area contributed by atoms with Gasteiger partial charge in [0.2, 0.25) is 0 Å². The summed E-state index contributed by atoms with van der Waals surface area (Å²) in [7, 11) is 1.44. The fourth-order valence-corrected chi connectivity index (χ4v) is 1.72. The Kier molecular flexibility index (Phi) is 4.99. The third kappa shape index (κ3) is 3.46. The summed E-state index contributed by atoms with van der Waals surface area (Å²) in [5, 5.41) is 10.4. The van der Waals surface area contributed by atoms with Crippen LogP contribution in [0.15, 0.2) is 18.2 Å². The number of hydrogen-bond acceptors (Lipinski definition) is 3. The van der Waals surface area contributed by atoms with E-state index in [9.17, 15) is 13.9 Å². The maximum Gasteiger partial charge on any atom is 0.159 e. The van der Waals surface area contributed by atoms with Gasteiger partial charge >= 0.3 is 0 Å². The Labute approximate surface area is 99.2 Å². The summed E-state index contributed by atoms with van der Waals surface area (Å²) in [6.07, 6.45) is 0.904. The van der Waals surface area contributed by atoms with Gasteiger partial charge in [0.25, 0.3) is 0 Å². The number of rotatable bonds is 6. The van der Waals surface area contributed by atoms with Crippen LogP contribution in [0.2, 0.25) is 0 Å². The summed E-state index contributed by atoms with van der Waals surface area (Å²) in [5.41, 5.74) is 4.35. The average Bonchev–Trinajstić information content (AvgIpc) is 2.30.